The molecule has 4 N–H and O–H groups in total. The van der Waals surface area contributed by atoms with Crippen molar-refractivity contribution in [1.82, 2.24) is 10.2 Å². The fourth-order valence-electron chi connectivity index (χ4n) is 6.26. The highest BCUT2D eigenvalue weighted by atomic mass is 16.5. The van der Waals surface area contributed by atoms with Crippen molar-refractivity contribution in [2.75, 3.05) is 13.1 Å². The Morgan fingerprint density at radius 3 is 2.17 bits per heavy atom. The van der Waals surface area contributed by atoms with Gasteiger partial charge in [0, 0.05) is 36.7 Å². The van der Waals surface area contributed by atoms with Crippen LogP contribution in [0.2, 0.25) is 0 Å². The first-order valence-corrected chi connectivity index (χ1v) is 15.4. The SMILES string of the molecule is CC(C)(C(=O)N1CCC(CC(=O)OCc2ccccc2)CC1)C(CC1CCCCC1)NC(=O)c1ccc(C(=N)N)cc1. The number of carbonyl (C=O) groups excluding carboxylic acids is 3. The Bertz CT molecular complexity index is 1210. The van der Waals surface area contributed by atoms with E-state index in [2.05, 4.69) is 5.32 Å². The molecule has 1 unspecified atom stereocenters. The van der Waals surface area contributed by atoms with Crippen LogP contribution in [-0.2, 0) is 20.9 Å². The molecule has 2 amide bonds. The van der Waals surface area contributed by atoms with Gasteiger partial charge in [-0.15, -0.1) is 0 Å². The van der Waals surface area contributed by atoms with Crippen LogP contribution in [0.25, 0.3) is 0 Å². The van der Waals surface area contributed by atoms with Crippen molar-refractivity contribution >= 4 is 23.6 Å². The average Bonchev–Trinajstić information content (AvgIpc) is 3.00. The zero-order chi connectivity index (χ0) is 30.1. The van der Waals surface area contributed by atoms with Gasteiger partial charge in [0.25, 0.3) is 5.91 Å². The number of nitrogens with one attached hydrogen (secondary N) is 2. The summed E-state index contributed by atoms with van der Waals surface area (Å²) >= 11 is 0. The third-order valence-corrected chi connectivity index (χ3v) is 9.08. The van der Waals surface area contributed by atoms with Crippen molar-refractivity contribution < 1.29 is 19.1 Å². The lowest BCUT2D eigenvalue weighted by molar-refractivity contribution is -0.147. The Balaban J connectivity index is 1.36. The molecule has 1 saturated carbocycles. The third kappa shape index (κ3) is 8.43. The van der Waals surface area contributed by atoms with Crippen LogP contribution in [0.4, 0.5) is 0 Å². The number of likely N-dealkylation sites (tertiary alicyclic amines) is 1. The molecule has 8 nitrogen and oxygen atoms in total. The lowest BCUT2D eigenvalue weighted by atomic mass is 9.74. The maximum atomic E-state index is 14.0. The van der Waals surface area contributed by atoms with Crippen LogP contribution in [0.1, 0.15) is 93.1 Å². The quantitative estimate of drug-likeness (QED) is 0.187. The number of hydrogen-bond donors (Lipinski definition) is 3. The number of hydrogen-bond acceptors (Lipinski definition) is 5. The predicted molar refractivity (Wildman–Crippen MR) is 164 cm³/mol. The molecule has 2 fully saturated rings. The second kappa shape index (κ2) is 14.5. The monoisotopic (exact) mass is 574 g/mol. The van der Waals surface area contributed by atoms with E-state index < -0.39 is 5.41 Å². The minimum Gasteiger partial charge on any atom is -0.461 e. The molecule has 226 valence electrons. The van der Waals surface area contributed by atoms with Crippen molar-refractivity contribution in [3.8, 4) is 0 Å². The molecule has 1 saturated heterocycles. The third-order valence-electron chi connectivity index (χ3n) is 9.08. The van der Waals surface area contributed by atoms with Gasteiger partial charge in [0.15, 0.2) is 0 Å². The molecule has 2 aliphatic rings. The number of amides is 2. The van der Waals surface area contributed by atoms with Crippen LogP contribution in [0.5, 0.6) is 0 Å². The molecule has 8 heteroatoms. The number of amidine groups is 1. The van der Waals surface area contributed by atoms with E-state index in [0.717, 1.165) is 37.7 Å². The molecule has 1 atom stereocenters. The highest BCUT2D eigenvalue weighted by Crippen LogP contribution is 2.35. The summed E-state index contributed by atoms with van der Waals surface area (Å²) in [5.74, 6) is 0.243. The van der Waals surface area contributed by atoms with Crippen LogP contribution in [0.15, 0.2) is 54.6 Å². The first kappa shape index (κ1) is 31.3. The summed E-state index contributed by atoms with van der Waals surface area (Å²) < 4.78 is 5.48. The Morgan fingerprint density at radius 2 is 1.55 bits per heavy atom. The van der Waals surface area contributed by atoms with E-state index in [9.17, 15) is 14.4 Å². The molecule has 4 rings (SSSR count). The van der Waals surface area contributed by atoms with Gasteiger partial charge in [-0.2, -0.15) is 0 Å². The summed E-state index contributed by atoms with van der Waals surface area (Å²) in [5.41, 5.74) is 6.79. The summed E-state index contributed by atoms with van der Waals surface area (Å²) in [4.78, 5) is 41.7. The molecule has 42 heavy (non-hydrogen) atoms. The van der Waals surface area contributed by atoms with Gasteiger partial charge in [0.2, 0.25) is 5.91 Å². The van der Waals surface area contributed by atoms with Crippen molar-refractivity contribution in [1.29, 1.82) is 5.41 Å². The van der Waals surface area contributed by atoms with E-state index in [0.29, 0.717) is 36.6 Å². The highest BCUT2D eigenvalue weighted by molar-refractivity contribution is 5.98. The van der Waals surface area contributed by atoms with Crippen molar-refractivity contribution in [2.45, 2.75) is 84.3 Å². The van der Waals surface area contributed by atoms with E-state index in [1.165, 1.54) is 19.3 Å². The molecule has 2 aromatic carbocycles. The van der Waals surface area contributed by atoms with Gasteiger partial charge in [0.1, 0.15) is 12.4 Å². The van der Waals surface area contributed by atoms with Crippen LogP contribution >= 0.6 is 0 Å². The fourth-order valence-corrected chi connectivity index (χ4v) is 6.26. The molecule has 0 bridgehead atoms. The number of carbonyl (C=O) groups is 3. The predicted octanol–water partition coefficient (Wildman–Crippen LogP) is 5.44. The number of ether oxygens (including phenoxy) is 1. The normalized spacial score (nSPS) is 17.3. The van der Waals surface area contributed by atoms with Gasteiger partial charge in [-0.1, -0.05) is 74.6 Å². The van der Waals surface area contributed by atoms with Crippen LogP contribution < -0.4 is 11.1 Å². The Morgan fingerprint density at radius 1 is 0.929 bits per heavy atom. The molecule has 2 aromatic rings. The summed E-state index contributed by atoms with van der Waals surface area (Å²) in [6.45, 7) is 5.37. The average molecular weight is 575 g/mol. The van der Waals surface area contributed by atoms with Gasteiger partial charge >= 0.3 is 5.97 Å². The molecule has 1 heterocycles. The number of rotatable bonds is 11. The Labute approximate surface area is 249 Å². The van der Waals surface area contributed by atoms with Crippen molar-refractivity contribution in [3.63, 3.8) is 0 Å². The highest BCUT2D eigenvalue weighted by Gasteiger charge is 2.42. The van der Waals surface area contributed by atoms with E-state index in [1.807, 2.05) is 49.1 Å². The molecule has 1 aliphatic heterocycles. The minimum absolute atomic E-state index is 0.0423. The molecular formula is C34H46N4O4. The number of nitrogens with two attached hydrogens (primary N) is 1. The van der Waals surface area contributed by atoms with Crippen molar-refractivity contribution in [2.24, 2.45) is 23.0 Å². The maximum absolute atomic E-state index is 14.0. The van der Waals surface area contributed by atoms with Gasteiger partial charge < -0.3 is 20.7 Å². The van der Waals surface area contributed by atoms with E-state index >= 15 is 0 Å². The largest absolute Gasteiger partial charge is 0.461 e. The summed E-state index contributed by atoms with van der Waals surface area (Å²) in [6, 6.07) is 16.0. The molecule has 0 aromatic heterocycles. The molecule has 1 aliphatic carbocycles. The molecule has 0 spiro atoms. The second-order valence-electron chi connectivity index (χ2n) is 12.6. The standard InChI is InChI=1S/C34H46N4O4/c1-34(2,33(41)38-19-17-25(18-20-38)22-30(39)42-23-26-11-7-4-8-12-26)29(21-24-9-5-3-6-10-24)37-32(40)28-15-13-27(14-16-28)31(35)36/h4,7-8,11-16,24-25,29H,3,5-6,9-10,17-23H2,1-2H3,(H3,35,36)(H,37,40). The van der Waals surface area contributed by atoms with E-state index in [4.69, 9.17) is 15.9 Å². The van der Waals surface area contributed by atoms with E-state index in [-0.39, 0.29) is 42.2 Å². The molecule has 0 radical (unpaired) electrons. The number of nitrogen functional groups attached to an aromatic ring is 1. The topological polar surface area (TPSA) is 126 Å². The lowest BCUT2D eigenvalue weighted by Crippen LogP contribution is -2.55. The lowest BCUT2D eigenvalue weighted by Gasteiger charge is -2.42. The van der Waals surface area contributed by atoms with Crippen LogP contribution in [-0.4, -0.2) is 47.7 Å². The smallest absolute Gasteiger partial charge is 0.306 e. The number of piperidine rings is 1. The van der Waals surface area contributed by atoms with Gasteiger partial charge in [0.05, 0.1) is 5.41 Å². The van der Waals surface area contributed by atoms with Gasteiger partial charge in [-0.25, -0.2) is 0 Å². The maximum Gasteiger partial charge on any atom is 0.306 e. The number of esters is 1. The van der Waals surface area contributed by atoms with Crippen LogP contribution in [0.3, 0.4) is 0 Å². The van der Waals surface area contributed by atoms with E-state index in [1.54, 1.807) is 24.3 Å². The second-order valence-corrected chi connectivity index (χ2v) is 12.6. The number of benzene rings is 2. The summed E-state index contributed by atoms with van der Waals surface area (Å²) in [6.07, 6.45) is 8.50. The fraction of sp³-hybridized carbons (Fsp3) is 0.529. The van der Waals surface area contributed by atoms with Crippen LogP contribution in [0, 0.1) is 22.7 Å². The first-order valence-electron chi connectivity index (χ1n) is 15.4. The minimum atomic E-state index is -0.798. The zero-order valence-corrected chi connectivity index (χ0v) is 25.1. The van der Waals surface area contributed by atoms with Gasteiger partial charge in [-0.05, 0) is 62.6 Å². The Hall–Kier alpha value is -3.68. The number of nitrogens with zero attached hydrogens (tertiary/aromatic N) is 1. The first-order chi connectivity index (χ1) is 20.1. The Kier molecular flexibility index (Phi) is 10.8. The zero-order valence-electron chi connectivity index (χ0n) is 25.1. The molecular weight excluding hydrogens is 528 g/mol. The van der Waals surface area contributed by atoms with Crippen molar-refractivity contribution in [3.05, 3.63) is 71.3 Å². The van der Waals surface area contributed by atoms with Gasteiger partial charge in [-0.3, -0.25) is 19.8 Å². The summed E-state index contributed by atoms with van der Waals surface area (Å²) in [7, 11) is 0. The summed E-state index contributed by atoms with van der Waals surface area (Å²) in [5, 5.41) is 10.8.